The highest BCUT2D eigenvalue weighted by atomic mass is 16.3. The molecule has 0 aliphatic carbocycles. The molecule has 13 heavy (non-hydrogen) atoms. The Morgan fingerprint density at radius 3 is 2.38 bits per heavy atom. The molecule has 0 radical (unpaired) electrons. The number of Topliss-reactive ketones (excluding diaryl/α,β-unsaturated/α-hetero) is 1. The van der Waals surface area contributed by atoms with Crippen molar-refractivity contribution in [3.63, 3.8) is 0 Å². The lowest BCUT2D eigenvalue weighted by molar-refractivity contribution is -0.945. The van der Waals surface area contributed by atoms with Crippen LogP contribution >= 0.6 is 0 Å². The zero-order chi connectivity index (χ0) is 9.47. The molecule has 2 saturated heterocycles. The number of hydrogen-bond acceptors (Lipinski definition) is 2. The number of hydrogen-bond donors (Lipinski definition) is 1. The maximum atomic E-state index is 11.3. The Morgan fingerprint density at radius 1 is 1.38 bits per heavy atom. The predicted octanol–water partition coefficient (Wildman–Crippen LogP) is 0.319. The summed E-state index contributed by atoms with van der Waals surface area (Å²) in [5.41, 5.74) is 0. The number of ketones is 1. The van der Waals surface area contributed by atoms with Crippen LogP contribution in [0, 0.1) is 0 Å². The quantitative estimate of drug-likeness (QED) is 0.627. The topological polar surface area (TPSA) is 37.3 Å². The van der Waals surface area contributed by atoms with E-state index in [-0.39, 0.29) is 6.61 Å². The number of aliphatic hydroxyl groups excluding tert-OH is 1. The monoisotopic (exact) mass is 184 g/mol. The summed E-state index contributed by atoms with van der Waals surface area (Å²) < 4.78 is 0.947. The fourth-order valence-corrected chi connectivity index (χ4v) is 3.08. The molecule has 2 heterocycles. The molecule has 0 aromatic rings. The Bertz CT molecular complexity index is 211. The van der Waals surface area contributed by atoms with Gasteiger partial charge in [0.2, 0.25) is 0 Å². The van der Waals surface area contributed by atoms with Gasteiger partial charge in [-0.25, -0.2) is 0 Å². The number of nitrogens with zero attached hydrogens (tertiary/aromatic N) is 1. The van der Waals surface area contributed by atoms with E-state index in [4.69, 9.17) is 5.11 Å². The molecule has 2 atom stereocenters. The number of carbonyl (C=O) groups excluding carboxylic acids is 1. The second-order valence-corrected chi connectivity index (χ2v) is 4.63. The number of quaternary nitrogens is 1. The Labute approximate surface area is 78.9 Å². The fraction of sp³-hybridized carbons (Fsp3) is 0.900. The van der Waals surface area contributed by atoms with Gasteiger partial charge in [-0.2, -0.15) is 0 Å². The van der Waals surface area contributed by atoms with Crippen molar-refractivity contribution in [2.45, 2.75) is 37.8 Å². The van der Waals surface area contributed by atoms with Crippen molar-refractivity contribution < 1.29 is 14.4 Å². The predicted molar refractivity (Wildman–Crippen MR) is 49.2 cm³/mol. The molecule has 3 nitrogen and oxygen atoms in total. The van der Waals surface area contributed by atoms with Crippen molar-refractivity contribution >= 4 is 5.78 Å². The van der Waals surface area contributed by atoms with Crippen molar-refractivity contribution in [1.82, 2.24) is 0 Å². The van der Waals surface area contributed by atoms with E-state index in [0.29, 0.717) is 17.9 Å². The number of likely N-dealkylation sites (N-methyl/N-ethyl adjacent to an activating group) is 1. The minimum atomic E-state index is 0.248. The number of rotatable bonds is 2. The minimum absolute atomic E-state index is 0.248. The smallest absolute Gasteiger partial charge is 0.144 e. The summed E-state index contributed by atoms with van der Waals surface area (Å²) in [5.74, 6) is 0.432. The minimum Gasteiger partial charge on any atom is -0.391 e. The summed E-state index contributed by atoms with van der Waals surface area (Å²) in [6.07, 6.45) is 3.83. The van der Waals surface area contributed by atoms with Gasteiger partial charge in [-0.05, 0) is 0 Å². The Kier molecular flexibility index (Phi) is 2.16. The van der Waals surface area contributed by atoms with Gasteiger partial charge in [-0.15, -0.1) is 0 Å². The van der Waals surface area contributed by atoms with E-state index >= 15 is 0 Å². The second kappa shape index (κ2) is 3.07. The summed E-state index contributed by atoms with van der Waals surface area (Å²) in [4.78, 5) is 11.3. The lowest BCUT2D eigenvalue weighted by atomic mass is 9.98. The standard InChI is InChI=1S/C10H18NO2/c1-11(4-5-12)8-2-3-9(11)7-10(13)6-8/h8-9,12H,2-7H2,1H3/q+1. The average molecular weight is 184 g/mol. The Hall–Kier alpha value is -0.410. The van der Waals surface area contributed by atoms with Crippen LogP contribution < -0.4 is 0 Å². The first kappa shape index (κ1) is 9.16. The highest BCUT2D eigenvalue weighted by Crippen LogP contribution is 2.39. The van der Waals surface area contributed by atoms with Crippen molar-refractivity contribution in [3.05, 3.63) is 0 Å². The van der Waals surface area contributed by atoms with E-state index in [1.165, 1.54) is 12.8 Å². The third kappa shape index (κ3) is 1.30. The lowest BCUT2D eigenvalue weighted by Crippen LogP contribution is -2.58. The molecule has 2 rings (SSSR count). The molecule has 74 valence electrons. The van der Waals surface area contributed by atoms with Gasteiger partial charge in [0.05, 0.1) is 38.6 Å². The van der Waals surface area contributed by atoms with Crippen LogP contribution in [-0.4, -0.2) is 47.7 Å². The van der Waals surface area contributed by atoms with Crippen molar-refractivity contribution in [2.75, 3.05) is 20.2 Å². The summed E-state index contributed by atoms with van der Waals surface area (Å²) in [7, 11) is 2.20. The van der Waals surface area contributed by atoms with Crippen molar-refractivity contribution in [3.8, 4) is 0 Å². The van der Waals surface area contributed by atoms with Crippen LogP contribution in [-0.2, 0) is 4.79 Å². The van der Waals surface area contributed by atoms with E-state index in [0.717, 1.165) is 23.9 Å². The third-order valence-electron chi connectivity index (χ3n) is 4.01. The summed E-state index contributed by atoms with van der Waals surface area (Å²) >= 11 is 0. The fourth-order valence-electron chi connectivity index (χ4n) is 3.08. The van der Waals surface area contributed by atoms with Gasteiger partial charge < -0.3 is 9.59 Å². The first-order valence-corrected chi connectivity index (χ1v) is 5.14. The number of piperidine rings is 1. The molecular formula is C10H18NO2+. The van der Waals surface area contributed by atoms with E-state index in [1.54, 1.807) is 0 Å². The van der Waals surface area contributed by atoms with E-state index in [9.17, 15) is 4.79 Å². The first-order chi connectivity index (χ1) is 6.16. The van der Waals surface area contributed by atoms with Crippen LogP contribution in [0.2, 0.25) is 0 Å². The molecule has 3 heteroatoms. The second-order valence-electron chi connectivity index (χ2n) is 4.63. The molecule has 0 amide bonds. The van der Waals surface area contributed by atoms with Crippen LogP contribution in [0.4, 0.5) is 0 Å². The van der Waals surface area contributed by atoms with Crippen LogP contribution in [0.3, 0.4) is 0 Å². The van der Waals surface area contributed by atoms with Gasteiger partial charge in [0.25, 0.3) is 0 Å². The molecule has 0 aromatic heterocycles. The zero-order valence-corrected chi connectivity index (χ0v) is 8.20. The Balaban J connectivity index is 2.17. The van der Waals surface area contributed by atoms with Crippen LogP contribution in [0.1, 0.15) is 25.7 Å². The van der Waals surface area contributed by atoms with Crippen molar-refractivity contribution in [1.29, 1.82) is 0 Å². The highest BCUT2D eigenvalue weighted by molar-refractivity contribution is 5.80. The number of carbonyl (C=O) groups is 1. The average Bonchev–Trinajstić information content (AvgIpc) is 2.31. The molecule has 0 saturated carbocycles. The molecule has 2 aliphatic rings. The third-order valence-corrected chi connectivity index (χ3v) is 4.01. The molecule has 0 aromatic carbocycles. The van der Waals surface area contributed by atoms with Gasteiger partial charge in [0.1, 0.15) is 12.3 Å². The maximum absolute atomic E-state index is 11.3. The van der Waals surface area contributed by atoms with Gasteiger partial charge in [-0.3, -0.25) is 4.79 Å². The zero-order valence-electron chi connectivity index (χ0n) is 8.20. The van der Waals surface area contributed by atoms with Crippen LogP contribution in [0.25, 0.3) is 0 Å². The number of fused-ring (bicyclic) bond motifs is 2. The Morgan fingerprint density at radius 2 is 1.92 bits per heavy atom. The molecule has 2 unspecified atom stereocenters. The largest absolute Gasteiger partial charge is 0.391 e. The van der Waals surface area contributed by atoms with Crippen LogP contribution in [0.5, 0.6) is 0 Å². The van der Waals surface area contributed by atoms with Crippen molar-refractivity contribution in [2.24, 2.45) is 0 Å². The van der Waals surface area contributed by atoms with Crippen LogP contribution in [0.15, 0.2) is 0 Å². The number of aliphatic hydroxyl groups is 1. The summed E-state index contributed by atoms with van der Waals surface area (Å²) in [5, 5.41) is 9.01. The summed E-state index contributed by atoms with van der Waals surface area (Å²) in [6.45, 7) is 1.07. The van der Waals surface area contributed by atoms with E-state index in [1.807, 2.05) is 0 Å². The first-order valence-electron chi connectivity index (χ1n) is 5.14. The van der Waals surface area contributed by atoms with E-state index < -0.39 is 0 Å². The molecule has 2 fully saturated rings. The maximum Gasteiger partial charge on any atom is 0.144 e. The van der Waals surface area contributed by atoms with Gasteiger partial charge in [-0.1, -0.05) is 0 Å². The van der Waals surface area contributed by atoms with E-state index in [2.05, 4.69) is 7.05 Å². The normalized spacial score (nSPS) is 44.0. The van der Waals surface area contributed by atoms with Gasteiger partial charge in [0, 0.05) is 12.8 Å². The molecule has 0 spiro atoms. The van der Waals surface area contributed by atoms with Gasteiger partial charge >= 0.3 is 0 Å². The molecule has 1 N–H and O–H groups in total. The SMILES string of the molecule is C[N+]1(CCO)C2CCC1CC(=O)C2. The lowest BCUT2D eigenvalue weighted by Gasteiger charge is -2.43. The highest BCUT2D eigenvalue weighted by Gasteiger charge is 2.50. The summed E-state index contributed by atoms with van der Waals surface area (Å²) in [6, 6.07) is 0.997. The molecule has 2 bridgehead atoms. The molecular weight excluding hydrogens is 166 g/mol. The van der Waals surface area contributed by atoms with Gasteiger partial charge in [0.15, 0.2) is 0 Å². The molecule has 2 aliphatic heterocycles.